The summed E-state index contributed by atoms with van der Waals surface area (Å²) in [6, 6.07) is 24.7. The van der Waals surface area contributed by atoms with Gasteiger partial charge in [0.25, 0.3) is 0 Å². The van der Waals surface area contributed by atoms with Gasteiger partial charge in [-0.25, -0.2) is 4.39 Å². The Balaban J connectivity index is 1.57. The van der Waals surface area contributed by atoms with E-state index < -0.39 is 0 Å². The summed E-state index contributed by atoms with van der Waals surface area (Å²) in [4.78, 5) is 0. The molecule has 28 heavy (non-hydrogen) atoms. The minimum atomic E-state index is -0.167. The predicted octanol–water partition coefficient (Wildman–Crippen LogP) is 7.58. The monoisotopic (exact) mass is 370 g/mol. The van der Waals surface area contributed by atoms with Crippen LogP contribution in [0, 0.1) is 12.7 Å². The quantitative estimate of drug-likeness (QED) is 0.415. The molecular weight excluding hydrogens is 343 g/mol. The van der Waals surface area contributed by atoms with Gasteiger partial charge in [0.2, 0.25) is 0 Å². The van der Waals surface area contributed by atoms with Crippen LogP contribution < -0.4 is 0 Å². The number of allylic oxidation sites excluding steroid dienone is 2. The van der Waals surface area contributed by atoms with Crippen LogP contribution in [-0.4, -0.2) is 0 Å². The minimum absolute atomic E-state index is 0.0995. The maximum absolute atomic E-state index is 13.2. The zero-order valence-electron chi connectivity index (χ0n) is 16.7. The van der Waals surface area contributed by atoms with Gasteiger partial charge in [0.05, 0.1) is 0 Å². The van der Waals surface area contributed by atoms with Gasteiger partial charge >= 0.3 is 0 Å². The number of hydrogen-bond donors (Lipinski definition) is 0. The second-order valence-corrected chi connectivity index (χ2v) is 8.01. The molecule has 0 fully saturated rings. The molecule has 4 rings (SSSR count). The second kappa shape index (κ2) is 7.75. The molecule has 1 aliphatic carbocycles. The van der Waals surface area contributed by atoms with Crippen LogP contribution in [0.15, 0.2) is 84.9 Å². The molecular formula is C27H27F. The van der Waals surface area contributed by atoms with Gasteiger partial charge < -0.3 is 0 Å². The number of aryl methyl sites for hydroxylation is 1. The molecule has 0 saturated carbocycles. The van der Waals surface area contributed by atoms with Gasteiger partial charge in [0.1, 0.15) is 5.82 Å². The molecule has 0 N–H and O–H groups in total. The Morgan fingerprint density at radius 3 is 2.00 bits per heavy atom. The molecule has 0 amide bonds. The van der Waals surface area contributed by atoms with Crippen LogP contribution >= 0.6 is 0 Å². The van der Waals surface area contributed by atoms with E-state index in [1.54, 1.807) is 12.1 Å². The van der Waals surface area contributed by atoms with Crippen molar-refractivity contribution in [3.05, 3.63) is 107 Å². The van der Waals surface area contributed by atoms with E-state index in [4.69, 9.17) is 0 Å². The topological polar surface area (TPSA) is 0 Å². The van der Waals surface area contributed by atoms with Crippen LogP contribution in [-0.2, 0) is 5.41 Å². The fourth-order valence-corrected chi connectivity index (χ4v) is 4.36. The highest BCUT2D eigenvalue weighted by atomic mass is 19.1. The van der Waals surface area contributed by atoms with Gasteiger partial charge in [-0.15, -0.1) is 0 Å². The van der Waals surface area contributed by atoms with Crippen LogP contribution in [0.2, 0.25) is 0 Å². The van der Waals surface area contributed by atoms with Crippen molar-refractivity contribution in [2.75, 3.05) is 0 Å². The maximum atomic E-state index is 13.2. The first-order valence-corrected chi connectivity index (χ1v) is 10.2. The summed E-state index contributed by atoms with van der Waals surface area (Å²) in [5.41, 5.74) is 6.50. The van der Waals surface area contributed by atoms with Crippen LogP contribution in [0.3, 0.4) is 0 Å². The zero-order valence-corrected chi connectivity index (χ0v) is 16.7. The van der Waals surface area contributed by atoms with Crippen molar-refractivity contribution >= 4 is 0 Å². The lowest BCUT2D eigenvalue weighted by Gasteiger charge is -2.36. The van der Waals surface area contributed by atoms with E-state index in [0.29, 0.717) is 5.92 Å². The van der Waals surface area contributed by atoms with Crippen LogP contribution in [0.1, 0.15) is 48.8 Å². The van der Waals surface area contributed by atoms with E-state index in [-0.39, 0.29) is 11.2 Å². The molecule has 0 aromatic heterocycles. The molecule has 0 nitrogen and oxygen atoms in total. The highest BCUT2D eigenvalue weighted by Crippen LogP contribution is 2.42. The maximum Gasteiger partial charge on any atom is 0.123 e. The van der Waals surface area contributed by atoms with E-state index in [2.05, 4.69) is 74.5 Å². The van der Waals surface area contributed by atoms with E-state index in [9.17, 15) is 4.39 Å². The van der Waals surface area contributed by atoms with Crippen molar-refractivity contribution in [1.29, 1.82) is 0 Å². The molecule has 0 bridgehead atoms. The molecule has 1 heteroatoms. The van der Waals surface area contributed by atoms with Crippen molar-refractivity contribution < 1.29 is 4.39 Å². The van der Waals surface area contributed by atoms with Crippen LogP contribution in [0.25, 0.3) is 11.1 Å². The average molecular weight is 371 g/mol. The molecule has 1 aliphatic rings. The third-order valence-electron chi connectivity index (χ3n) is 6.32. The summed E-state index contributed by atoms with van der Waals surface area (Å²) in [5, 5.41) is 0. The molecule has 3 aromatic rings. The molecule has 0 radical (unpaired) electrons. The Morgan fingerprint density at radius 1 is 0.857 bits per heavy atom. The zero-order chi connectivity index (χ0) is 19.6. The second-order valence-electron chi connectivity index (χ2n) is 8.01. The SMILES string of the molecule is CC[C@@]1(c2ccc(-c3ccc(C)cc3)cc2)C=CC(c2ccc(F)cc2)CC1. The smallest absolute Gasteiger partial charge is 0.123 e. The Labute approximate surface area is 167 Å². The molecule has 0 heterocycles. The average Bonchev–Trinajstić information content (AvgIpc) is 2.75. The highest BCUT2D eigenvalue weighted by Gasteiger charge is 2.31. The van der Waals surface area contributed by atoms with Gasteiger partial charge in [0.15, 0.2) is 0 Å². The summed E-state index contributed by atoms with van der Waals surface area (Å²) in [6.45, 7) is 4.39. The Hall–Kier alpha value is -2.67. The van der Waals surface area contributed by atoms with Crippen molar-refractivity contribution in [2.45, 2.75) is 44.4 Å². The number of hydrogen-bond acceptors (Lipinski definition) is 0. The normalized spacial score (nSPS) is 21.6. The summed E-state index contributed by atoms with van der Waals surface area (Å²) in [5.74, 6) is 0.215. The lowest BCUT2D eigenvalue weighted by atomic mass is 9.68. The first-order chi connectivity index (χ1) is 13.6. The first-order valence-electron chi connectivity index (χ1n) is 10.2. The van der Waals surface area contributed by atoms with Gasteiger partial charge in [-0.3, -0.25) is 0 Å². The van der Waals surface area contributed by atoms with Crippen molar-refractivity contribution in [2.24, 2.45) is 0 Å². The Kier molecular flexibility index (Phi) is 5.17. The minimum Gasteiger partial charge on any atom is -0.207 e. The molecule has 1 unspecified atom stereocenters. The highest BCUT2D eigenvalue weighted by molar-refractivity contribution is 5.64. The Bertz CT molecular complexity index is 949. The molecule has 2 atom stereocenters. The first kappa shape index (κ1) is 18.7. The summed E-state index contributed by atoms with van der Waals surface area (Å²) in [6.07, 6.45) is 8.02. The molecule has 3 aromatic carbocycles. The van der Waals surface area contributed by atoms with Crippen molar-refractivity contribution in [3.63, 3.8) is 0 Å². The van der Waals surface area contributed by atoms with Gasteiger partial charge in [-0.1, -0.05) is 85.3 Å². The summed E-state index contributed by atoms with van der Waals surface area (Å²) in [7, 11) is 0. The molecule has 0 spiro atoms. The van der Waals surface area contributed by atoms with Crippen LogP contribution in [0.4, 0.5) is 4.39 Å². The standard InChI is InChI=1S/C27H27F/c1-3-27(18-16-24(17-19-27)23-10-14-26(28)15-11-23)25-12-8-22(9-13-25)21-6-4-20(2)5-7-21/h4-16,18,24H,3,17,19H2,1-2H3/t24?,27-/m1/s1. The van der Waals surface area contributed by atoms with Crippen LogP contribution in [0.5, 0.6) is 0 Å². The molecule has 0 saturated heterocycles. The number of halogens is 1. The third kappa shape index (κ3) is 3.67. The summed E-state index contributed by atoms with van der Waals surface area (Å²) >= 11 is 0. The van der Waals surface area contributed by atoms with E-state index in [1.165, 1.54) is 27.8 Å². The van der Waals surface area contributed by atoms with Gasteiger partial charge in [-0.2, -0.15) is 0 Å². The number of benzene rings is 3. The lowest BCUT2D eigenvalue weighted by molar-refractivity contribution is 0.423. The van der Waals surface area contributed by atoms with E-state index in [0.717, 1.165) is 19.3 Å². The fraction of sp³-hybridized carbons (Fsp3) is 0.259. The molecule has 142 valence electrons. The Morgan fingerprint density at radius 2 is 1.46 bits per heavy atom. The largest absolute Gasteiger partial charge is 0.207 e. The van der Waals surface area contributed by atoms with Gasteiger partial charge in [-0.05, 0) is 60.6 Å². The fourth-order valence-electron chi connectivity index (χ4n) is 4.36. The van der Waals surface area contributed by atoms with E-state index >= 15 is 0 Å². The predicted molar refractivity (Wildman–Crippen MR) is 116 cm³/mol. The number of rotatable bonds is 4. The molecule has 0 aliphatic heterocycles. The summed E-state index contributed by atoms with van der Waals surface area (Å²) < 4.78 is 13.2. The third-order valence-corrected chi connectivity index (χ3v) is 6.32. The van der Waals surface area contributed by atoms with Crippen molar-refractivity contribution in [3.8, 4) is 11.1 Å². The van der Waals surface area contributed by atoms with E-state index in [1.807, 2.05) is 12.1 Å². The lowest BCUT2D eigenvalue weighted by Crippen LogP contribution is -2.26. The van der Waals surface area contributed by atoms with Gasteiger partial charge in [0, 0.05) is 11.3 Å². The van der Waals surface area contributed by atoms with Crippen molar-refractivity contribution in [1.82, 2.24) is 0 Å².